The molecule has 0 fully saturated rings. The van der Waals surface area contributed by atoms with E-state index in [2.05, 4.69) is 22.5 Å². The van der Waals surface area contributed by atoms with Crippen LogP contribution >= 0.6 is 15.9 Å². The largest absolute Gasteiger partial charge is 1.00 e. The number of hydrogen-bond donors (Lipinski definition) is 0. The molecule has 0 aliphatic rings. The molecule has 0 amide bonds. The first-order chi connectivity index (χ1) is 5.96. The Bertz CT molecular complexity index is 442. The molecule has 14 heavy (non-hydrogen) atoms. The van der Waals surface area contributed by atoms with E-state index in [0.29, 0.717) is 5.56 Å². The van der Waals surface area contributed by atoms with Crippen molar-refractivity contribution in [2.24, 2.45) is 0 Å². The second-order valence-corrected chi connectivity index (χ2v) is 4.46. The van der Waals surface area contributed by atoms with Crippen LogP contribution in [0, 0.1) is 0 Å². The van der Waals surface area contributed by atoms with Crippen molar-refractivity contribution in [2.75, 3.05) is 0 Å². The first kappa shape index (κ1) is 14.3. The zero-order valence-electron chi connectivity index (χ0n) is 7.53. The molecule has 6 heteroatoms. The first-order valence-electron chi connectivity index (χ1n) is 3.33. The van der Waals surface area contributed by atoms with Crippen molar-refractivity contribution in [2.45, 2.75) is 4.90 Å². The molecule has 1 aromatic rings. The molecule has 0 spiro atoms. The minimum Gasteiger partial charge on any atom is -0.744 e. The predicted octanol–water partition coefficient (Wildman–Crippen LogP) is -1.000. The average Bonchev–Trinajstić information content (AvgIpc) is 2.02. The first-order valence-corrected chi connectivity index (χ1v) is 5.54. The SMILES string of the molecule is C=Cc1cccc(S(=O)(=O)[O-])c1Br.[Na+]. The van der Waals surface area contributed by atoms with Crippen molar-refractivity contribution in [1.82, 2.24) is 0 Å². The molecule has 3 nitrogen and oxygen atoms in total. The monoisotopic (exact) mass is 284 g/mol. The summed E-state index contributed by atoms with van der Waals surface area (Å²) in [6.07, 6.45) is 1.47. The molecule has 0 aliphatic heterocycles. The summed E-state index contributed by atoms with van der Waals surface area (Å²) in [7, 11) is -4.41. The van der Waals surface area contributed by atoms with E-state index in [1.165, 1.54) is 18.2 Å². The summed E-state index contributed by atoms with van der Waals surface area (Å²) in [5.74, 6) is 0. The Kier molecular flexibility index (Phi) is 5.57. The van der Waals surface area contributed by atoms with Crippen molar-refractivity contribution < 1.29 is 42.5 Å². The van der Waals surface area contributed by atoms with E-state index in [4.69, 9.17) is 0 Å². The van der Waals surface area contributed by atoms with Crippen LogP contribution < -0.4 is 29.6 Å². The Balaban J connectivity index is 0.00000169. The minimum absolute atomic E-state index is 0. The number of hydrogen-bond acceptors (Lipinski definition) is 3. The van der Waals surface area contributed by atoms with Gasteiger partial charge in [-0.15, -0.1) is 0 Å². The van der Waals surface area contributed by atoms with Crippen LogP contribution in [0.1, 0.15) is 5.56 Å². The summed E-state index contributed by atoms with van der Waals surface area (Å²) in [6, 6.07) is 4.40. The van der Waals surface area contributed by atoms with E-state index in [1.807, 2.05) is 0 Å². The summed E-state index contributed by atoms with van der Waals surface area (Å²) in [5, 5.41) is 0. The summed E-state index contributed by atoms with van der Waals surface area (Å²) in [5.41, 5.74) is 0.580. The Hall–Kier alpha value is 0.350. The third-order valence-electron chi connectivity index (χ3n) is 1.48. The molecule has 0 saturated heterocycles. The molecular weight excluding hydrogens is 279 g/mol. The number of benzene rings is 1. The van der Waals surface area contributed by atoms with Gasteiger partial charge in [-0.3, -0.25) is 0 Å². The van der Waals surface area contributed by atoms with Gasteiger partial charge in [-0.2, -0.15) is 0 Å². The quantitative estimate of drug-likeness (QED) is 0.517. The Morgan fingerprint density at radius 1 is 1.43 bits per heavy atom. The maximum Gasteiger partial charge on any atom is 1.00 e. The standard InChI is InChI=1S/C8H7BrO3S.Na/c1-2-6-4-3-5-7(8(6)9)13(10,11)12;/h2-5H,1H2,(H,10,11,12);/q;+1/p-1. The molecule has 0 bridgehead atoms. The van der Waals surface area contributed by atoms with Gasteiger partial charge in [-0.25, -0.2) is 8.42 Å². The van der Waals surface area contributed by atoms with Crippen molar-refractivity contribution in [1.29, 1.82) is 0 Å². The smallest absolute Gasteiger partial charge is 0.744 e. The fraction of sp³-hybridized carbons (Fsp3) is 0. The van der Waals surface area contributed by atoms with E-state index < -0.39 is 10.1 Å². The van der Waals surface area contributed by atoms with E-state index >= 15 is 0 Å². The molecule has 70 valence electrons. The van der Waals surface area contributed by atoms with Gasteiger partial charge >= 0.3 is 29.6 Å². The molecule has 1 aromatic carbocycles. The molecule has 0 unspecified atom stereocenters. The normalized spacial score (nSPS) is 10.4. The fourth-order valence-electron chi connectivity index (χ4n) is 0.878. The number of halogens is 1. The van der Waals surface area contributed by atoms with Crippen molar-refractivity contribution in [3.8, 4) is 0 Å². The van der Waals surface area contributed by atoms with Gasteiger partial charge in [-0.05, 0) is 27.6 Å². The topological polar surface area (TPSA) is 57.2 Å². The number of rotatable bonds is 2. The molecule has 1 rings (SSSR count). The Labute approximate surface area is 113 Å². The van der Waals surface area contributed by atoms with Crippen LogP contribution in [0.5, 0.6) is 0 Å². The van der Waals surface area contributed by atoms with Crippen molar-refractivity contribution >= 4 is 32.1 Å². The van der Waals surface area contributed by atoms with E-state index in [0.717, 1.165) is 0 Å². The molecule has 0 heterocycles. The third kappa shape index (κ3) is 3.18. The Morgan fingerprint density at radius 2 is 2.00 bits per heavy atom. The zero-order chi connectivity index (χ0) is 10.1. The van der Waals surface area contributed by atoms with Gasteiger partial charge in [0.15, 0.2) is 0 Å². The third-order valence-corrected chi connectivity index (χ3v) is 3.51. The summed E-state index contributed by atoms with van der Waals surface area (Å²) in [6.45, 7) is 3.49. The molecule has 0 N–H and O–H groups in total. The second kappa shape index (κ2) is 5.44. The maximum absolute atomic E-state index is 10.7. The van der Waals surface area contributed by atoms with Gasteiger partial charge in [0.2, 0.25) is 0 Å². The van der Waals surface area contributed by atoms with Crippen LogP contribution in [0.15, 0.2) is 34.1 Å². The Morgan fingerprint density at radius 3 is 2.43 bits per heavy atom. The molecule has 0 aromatic heterocycles. The van der Waals surface area contributed by atoms with E-state index in [9.17, 15) is 13.0 Å². The van der Waals surface area contributed by atoms with Crippen LogP contribution in [-0.4, -0.2) is 13.0 Å². The van der Waals surface area contributed by atoms with E-state index in [-0.39, 0.29) is 38.9 Å². The van der Waals surface area contributed by atoms with Gasteiger partial charge in [0.1, 0.15) is 10.1 Å². The summed E-state index contributed by atoms with van der Waals surface area (Å²) in [4.78, 5) is -0.259. The van der Waals surface area contributed by atoms with Gasteiger partial charge in [0, 0.05) is 4.47 Å². The van der Waals surface area contributed by atoms with Crippen LogP contribution in [0.4, 0.5) is 0 Å². The second-order valence-electron chi connectivity index (χ2n) is 2.32. The van der Waals surface area contributed by atoms with Gasteiger partial charge in [-0.1, -0.05) is 24.8 Å². The fourth-order valence-corrected chi connectivity index (χ4v) is 2.48. The zero-order valence-corrected chi connectivity index (χ0v) is 11.9. The van der Waals surface area contributed by atoms with Crippen LogP contribution in [0.25, 0.3) is 6.08 Å². The average molecular weight is 285 g/mol. The van der Waals surface area contributed by atoms with E-state index in [1.54, 1.807) is 6.07 Å². The van der Waals surface area contributed by atoms with Crippen molar-refractivity contribution in [3.05, 3.63) is 34.8 Å². The van der Waals surface area contributed by atoms with Crippen LogP contribution in [0.3, 0.4) is 0 Å². The molecule has 0 aliphatic carbocycles. The minimum atomic E-state index is -4.41. The molecule has 0 saturated carbocycles. The van der Waals surface area contributed by atoms with Crippen molar-refractivity contribution in [3.63, 3.8) is 0 Å². The maximum atomic E-state index is 10.7. The summed E-state index contributed by atoms with van der Waals surface area (Å²) < 4.78 is 32.4. The van der Waals surface area contributed by atoms with Crippen LogP contribution in [-0.2, 0) is 10.1 Å². The van der Waals surface area contributed by atoms with Crippen LogP contribution in [0.2, 0.25) is 0 Å². The molecule has 0 atom stereocenters. The van der Waals surface area contributed by atoms with Gasteiger partial charge in [0.25, 0.3) is 0 Å². The van der Waals surface area contributed by atoms with Gasteiger partial charge < -0.3 is 4.55 Å². The predicted molar refractivity (Wildman–Crippen MR) is 52.2 cm³/mol. The molecule has 0 radical (unpaired) electrons. The summed E-state index contributed by atoms with van der Waals surface area (Å²) >= 11 is 3.03. The molecular formula is C8H6BrNaO3S. The van der Waals surface area contributed by atoms with Gasteiger partial charge in [0.05, 0.1) is 4.90 Å².